The molecule has 5 heteroatoms. The summed E-state index contributed by atoms with van der Waals surface area (Å²) in [6.45, 7) is 4.14. The fraction of sp³-hybridized carbons (Fsp3) is 0.357. The zero-order valence-corrected chi connectivity index (χ0v) is 13.2. The van der Waals surface area contributed by atoms with Crippen LogP contribution in [0.25, 0.3) is 0 Å². The zero-order chi connectivity index (χ0) is 14.0. The maximum Gasteiger partial charge on any atom is 0.0860 e. The Hall–Kier alpha value is -0.840. The number of aliphatic hydroxyl groups is 1. The molecule has 1 N–H and O–H groups in total. The van der Waals surface area contributed by atoms with E-state index in [1.54, 1.807) is 6.07 Å². The van der Waals surface area contributed by atoms with Crippen molar-refractivity contribution in [1.82, 2.24) is 9.78 Å². The lowest BCUT2D eigenvalue weighted by molar-refractivity contribution is 0.177. The van der Waals surface area contributed by atoms with Gasteiger partial charge in [0, 0.05) is 28.2 Å². The Morgan fingerprint density at radius 1 is 1.37 bits per heavy atom. The number of rotatable bonds is 4. The standard InChI is InChI=1S/C14H16BrClN2O/c1-9(2)18-6-5-11(17-18)8-14(19)12-4-3-10(15)7-13(12)16/h3-7,9,14,19H,8H2,1-2H3. The van der Waals surface area contributed by atoms with Crippen LogP contribution >= 0.6 is 27.5 Å². The van der Waals surface area contributed by atoms with Gasteiger partial charge in [0.2, 0.25) is 0 Å². The molecule has 2 aromatic rings. The molecule has 0 aliphatic carbocycles. The Kier molecular flexibility index (Phi) is 4.66. The highest BCUT2D eigenvalue weighted by Crippen LogP contribution is 2.28. The first-order valence-electron chi connectivity index (χ1n) is 6.14. The molecule has 1 heterocycles. The normalized spacial score (nSPS) is 12.9. The first-order chi connectivity index (χ1) is 8.97. The van der Waals surface area contributed by atoms with Crippen LogP contribution in [0, 0.1) is 0 Å². The van der Waals surface area contributed by atoms with E-state index < -0.39 is 6.10 Å². The van der Waals surface area contributed by atoms with E-state index in [4.69, 9.17) is 11.6 Å². The van der Waals surface area contributed by atoms with Crippen LogP contribution in [0.1, 0.15) is 37.3 Å². The van der Waals surface area contributed by atoms with E-state index in [-0.39, 0.29) is 0 Å². The molecule has 3 nitrogen and oxygen atoms in total. The third-order valence-corrected chi connectivity index (χ3v) is 3.74. The summed E-state index contributed by atoms with van der Waals surface area (Å²) >= 11 is 9.48. The minimum Gasteiger partial charge on any atom is -0.388 e. The molecule has 1 aromatic heterocycles. The second kappa shape index (κ2) is 6.07. The highest BCUT2D eigenvalue weighted by Gasteiger charge is 2.14. The number of benzene rings is 1. The lowest BCUT2D eigenvalue weighted by Crippen LogP contribution is -2.06. The van der Waals surface area contributed by atoms with Crippen molar-refractivity contribution in [1.29, 1.82) is 0 Å². The molecule has 1 aromatic carbocycles. The Labute approximate surface area is 126 Å². The number of nitrogens with zero attached hydrogens (tertiary/aromatic N) is 2. The second-order valence-corrected chi connectivity index (χ2v) is 6.09. The molecule has 0 amide bonds. The smallest absolute Gasteiger partial charge is 0.0860 e. The largest absolute Gasteiger partial charge is 0.388 e. The maximum absolute atomic E-state index is 10.2. The number of aliphatic hydroxyl groups excluding tert-OH is 1. The molecule has 0 fully saturated rings. The molecular formula is C14H16BrClN2O. The molecule has 0 saturated heterocycles. The Balaban J connectivity index is 2.13. The number of halogens is 2. The van der Waals surface area contributed by atoms with E-state index in [0.29, 0.717) is 17.5 Å². The van der Waals surface area contributed by atoms with Crippen LogP contribution in [-0.2, 0) is 6.42 Å². The van der Waals surface area contributed by atoms with Crippen LogP contribution in [0.3, 0.4) is 0 Å². The fourth-order valence-electron chi connectivity index (χ4n) is 1.85. The van der Waals surface area contributed by atoms with Gasteiger partial charge in [-0.1, -0.05) is 33.6 Å². The van der Waals surface area contributed by atoms with E-state index in [0.717, 1.165) is 15.7 Å². The molecule has 0 aliphatic heterocycles. The van der Waals surface area contributed by atoms with Gasteiger partial charge in [-0.15, -0.1) is 0 Å². The van der Waals surface area contributed by atoms with Gasteiger partial charge in [-0.05, 0) is 37.6 Å². The van der Waals surface area contributed by atoms with Crippen molar-refractivity contribution in [3.05, 3.63) is 51.2 Å². The maximum atomic E-state index is 10.2. The fourth-order valence-corrected chi connectivity index (χ4v) is 2.65. The van der Waals surface area contributed by atoms with Crippen molar-refractivity contribution in [2.24, 2.45) is 0 Å². The van der Waals surface area contributed by atoms with E-state index in [1.807, 2.05) is 29.1 Å². The van der Waals surface area contributed by atoms with Crippen molar-refractivity contribution >= 4 is 27.5 Å². The number of hydrogen-bond donors (Lipinski definition) is 1. The average Bonchev–Trinajstić information content (AvgIpc) is 2.77. The van der Waals surface area contributed by atoms with Crippen molar-refractivity contribution in [2.45, 2.75) is 32.4 Å². The molecule has 102 valence electrons. The molecule has 0 radical (unpaired) electrons. The van der Waals surface area contributed by atoms with Gasteiger partial charge in [0.05, 0.1) is 11.8 Å². The van der Waals surface area contributed by atoms with E-state index >= 15 is 0 Å². The summed E-state index contributed by atoms with van der Waals surface area (Å²) in [5.74, 6) is 0. The molecule has 0 aliphatic rings. The Morgan fingerprint density at radius 2 is 2.11 bits per heavy atom. The van der Waals surface area contributed by atoms with Crippen molar-refractivity contribution in [3.63, 3.8) is 0 Å². The van der Waals surface area contributed by atoms with Crippen LogP contribution < -0.4 is 0 Å². The minimum atomic E-state index is -0.642. The number of aromatic nitrogens is 2. The summed E-state index contributed by atoms with van der Waals surface area (Å²) in [6.07, 6.45) is 1.74. The van der Waals surface area contributed by atoms with Gasteiger partial charge >= 0.3 is 0 Å². The Bertz CT molecular complexity index is 568. The van der Waals surface area contributed by atoms with Gasteiger partial charge in [0.1, 0.15) is 0 Å². The average molecular weight is 344 g/mol. The first-order valence-corrected chi connectivity index (χ1v) is 7.31. The summed E-state index contributed by atoms with van der Waals surface area (Å²) < 4.78 is 2.78. The van der Waals surface area contributed by atoms with Crippen LogP contribution in [0.15, 0.2) is 34.9 Å². The first kappa shape index (κ1) is 14.6. The van der Waals surface area contributed by atoms with Crippen molar-refractivity contribution < 1.29 is 5.11 Å². The topological polar surface area (TPSA) is 38.0 Å². The molecule has 1 unspecified atom stereocenters. The molecule has 0 saturated carbocycles. The van der Waals surface area contributed by atoms with Crippen molar-refractivity contribution in [2.75, 3.05) is 0 Å². The van der Waals surface area contributed by atoms with Gasteiger partial charge in [-0.3, -0.25) is 4.68 Å². The van der Waals surface area contributed by atoms with Gasteiger partial charge in [0.15, 0.2) is 0 Å². The summed E-state index contributed by atoms with van der Waals surface area (Å²) in [6, 6.07) is 7.73. The van der Waals surface area contributed by atoms with Gasteiger partial charge < -0.3 is 5.11 Å². The summed E-state index contributed by atoms with van der Waals surface area (Å²) in [4.78, 5) is 0. The van der Waals surface area contributed by atoms with Gasteiger partial charge in [0.25, 0.3) is 0 Å². The predicted octanol–water partition coefficient (Wildman–Crippen LogP) is 4.16. The van der Waals surface area contributed by atoms with E-state index in [9.17, 15) is 5.11 Å². The van der Waals surface area contributed by atoms with Gasteiger partial charge in [-0.2, -0.15) is 5.10 Å². The minimum absolute atomic E-state index is 0.321. The zero-order valence-electron chi connectivity index (χ0n) is 10.8. The number of hydrogen-bond acceptors (Lipinski definition) is 2. The quantitative estimate of drug-likeness (QED) is 0.905. The van der Waals surface area contributed by atoms with E-state index in [2.05, 4.69) is 34.9 Å². The SMILES string of the molecule is CC(C)n1ccc(CC(O)c2ccc(Br)cc2Cl)n1. The highest BCUT2D eigenvalue weighted by molar-refractivity contribution is 9.10. The molecule has 19 heavy (non-hydrogen) atoms. The summed E-state index contributed by atoms with van der Waals surface area (Å²) in [5.41, 5.74) is 1.59. The van der Waals surface area contributed by atoms with Crippen molar-refractivity contribution in [3.8, 4) is 0 Å². The van der Waals surface area contributed by atoms with Crippen LogP contribution in [0.5, 0.6) is 0 Å². The van der Waals surface area contributed by atoms with E-state index in [1.165, 1.54) is 0 Å². The monoisotopic (exact) mass is 342 g/mol. The molecular weight excluding hydrogens is 328 g/mol. The third-order valence-electron chi connectivity index (χ3n) is 2.92. The Morgan fingerprint density at radius 3 is 2.68 bits per heavy atom. The molecule has 0 bridgehead atoms. The second-order valence-electron chi connectivity index (χ2n) is 4.77. The molecule has 1 atom stereocenters. The molecule has 2 rings (SSSR count). The lowest BCUT2D eigenvalue weighted by atomic mass is 10.1. The highest BCUT2D eigenvalue weighted by atomic mass is 79.9. The van der Waals surface area contributed by atoms with Crippen LogP contribution in [-0.4, -0.2) is 14.9 Å². The molecule has 0 spiro atoms. The van der Waals surface area contributed by atoms with Crippen LogP contribution in [0.2, 0.25) is 5.02 Å². The summed E-state index contributed by atoms with van der Waals surface area (Å²) in [5, 5.41) is 15.2. The van der Waals surface area contributed by atoms with Gasteiger partial charge in [-0.25, -0.2) is 0 Å². The summed E-state index contributed by atoms with van der Waals surface area (Å²) in [7, 11) is 0. The van der Waals surface area contributed by atoms with Crippen LogP contribution in [0.4, 0.5) is 0 Å². The predicted molar refractivity (Wildman–Crippen MR) is 80.4 cm³/mol. The lowest BCUT2D eigenvalue weighted by Gasteiger charge is -2.12. The third kappa shape index (κ3) is 3.59.